The van der Waals surface area contributed by atoms with E-state index in [0.717, 1.165) is 5.92 Å². The largest absolute Gasteiger partial charge is 0.0617 e. The van der Waals surface area contributed by atoms with Crippen LogP contribution >= 0.6 is 0 Å². The third-order valence-corrected chi connectivity index (χ3v) is 5.72. The average Bonchev–Trinajstić information content (AvgIpc) is 3.03. The standard InChI is InChI=1S/C17H24/c1-15(2,3)16(4,5)12-7-6-8-13(9-12)17-10-14(17)11-17/h6-9,14H,10-11H2,1-5H3. The van der Waals surface area contributed by atoms with Crippen LogP contribution in [0.25, 0.3) is 0 Å². The zero-order valence-corrected chi connectivity index (χ0v) is 11.8. The summed E-state index contributed by atoms with van der Waals surface area (Å²) in [6.07, 6.45) is 2.90. The summed E-state index contributed by atoms with van der Waals surface area (Å²) in [5.41, 5.74) is 4.30. The number of fused-ring (bicyclic) bond motifs is 1. The van der Waals surface area contributed by atoms with Crippen molar-refractivity contribution < 1.29 is 0 Å². The van der Waals surface area contributed by atoms with Crippen LogP contribution in [0.1, 0.15) is 58.6 Å². The van der Waals surface area contributed by atoms with E-state index in [9.17, 15) is 0 Å². The van der Waals surface area contributed by atoms with Gasteiger partial charge >= 0.3 is 0 Å². The summed E-state index contributed by atoms with van der Waals surface area (Å²) in [5, 5.41) is 0. The fourth-order valence-electron chi connectivity index (χ4n) is 2.82. The summed E-state index contributed by atoms with van der Waals surface area (Å²) in [7, 11) is 0. The number of hydrogen-bond donors (Lipinski definition) is 0. The predicted octanol–water partition coefficient (Wildman–Crippen LogP) is 4.67. The highest BCUT2D eigenvalue weighted by molar-refractivity contribution is 5.46. The molecule has 2 aliphatic rings. The molecule has 0 atom stereocenters. The Morgan fingerprint density at radius 1 is 1.06 bits per heavy atom. The van der Waals surface area contributed by atoms with E-state index in [1.807, 2.05) is 0 Å². The van der Waals surface area contributed by atoms with Gasteiger partial charge in [0.25, 0.3) is 0 Å². The zero-order valence-electron chi connectivity index (χ0n) is 11.8. The lowest BCUT2D eigenvalue weighted by Crippen LogP contribution is -2.34. The number of benzene rings is 1. The summed E-state index contributed by atoms with van der Waals surface area (Å²) < 4.78 is 0. The van der Waals surface area contributed by atoms with Gasteiger partial charge < -0.3 is 0 Å². The molecule has 1 aromatic carbocycles. The van der Waals surface area contributed by atoms with Gasteiger partial charge in [0.15, 0.2) is 0 Å². The second kappa shape index (κ2) is 2.96. The van der Waals surface area contributed by atoms with Gasteiger partial charge in [-0.1, -0.05) is 58.9 Å². The van der Waals surface area contributed by atoms with Gasteiger partial charge in [-0.05, 0) is 46.1 Å². The monoisotopic (exact) mass is 228 g/mol. The van der Waals surface area contributed by atoms with Gasteiger partial charge in [-0.3, -0.25) is 0 Å². The molecule has 2 saturated carbocycles. The Kier molecular flexibility index (Phi) is 1.97. The minimum absolute atomic E-state index is 0.235. The number of hydrogen-bond acceptors (Lipinski definition) is 0. The van der Waals surface area contributed by atoms with Gasteiger partial charge in [0, 0.05) is 0 Å². The molecule has 2 aliphatic carbocycles. The molecule has 0 saturated heterocycles. The molecule has 92 valence electrons. The van der Waals surface area contributed by atoms with Crippen molar-refractivity contribution in [2.75, 3.05) is 0 Å². The van der Waals surface area contributed by atoms with Crippen molar-refractivity contribution in [2.24, 2.45) is 11.3 Å². The Balaban J connectivity index is 1.98. The molecule has 0 nitrogen and oxygen atoms in total. The summed E-state index contributed by atoms with van der Waals surface area (Å²) in [5.74, 6) is 1.04. The lowest BCUT2D eigenvalue weighted by Gasteiger charge is -2.39. The lowest BCUT2D eigenvalue weighted by atomic mass is 9.65. The average molecular weight is 228 g/mol. The Morgan fingerprint density at radius 3 is 2.12 bits per heavy atom. The molecule has 0 amide bonds. The van der Waals surface area contributed by atoms with E-state index in [0.29, 0.717) is 10.8 Å². The summed E-state index contributed by atoms with van der Waals surface area (Å²) in [6, 6.07) is 9.40. The fraction of sp³-hybridized carbons (Fsp3) is 0.647. The van der Waals surface area contributed by atoms with E-state index in [-0.39, 0.29) is 5.41 Å². The Bertz CT molecular complexity index is 453. The lowest BCUT2D eigenvalue weighted by molar-refractivity contribution is 0.225. The first-order chi connectivity index (χ1) is 7.77. The molecule has 0 unspecified atom stereocenters. The maximum Gasteiger partial charge on any atom is -0.00121 e. The second-order valence-electron chi connectivity index (χ2n) is 7.72. The third kappa shape index (κ3) is 1.49. The molecule has 2 fully saturated rings. The van der Waals surface area contributed by atoms with Crippen molar-refractivity contribution in [3.8, 4) is 0 Å². The molecule has 3 rings (SSSR count). The summed E-state index contributed by atoms with van der Waals surface area (Å²) in [4.78, 5) is 0. The minimum Gasteiger partial charge on any atom is -0.0617 e. The van der Waals surface area contributed by atoms with Gasteiger partial charge in [0.2, 0.25) is 0 Å². The topological polar surface area (TPSA) is 0 Å². The molecule has 0 aromatic heterocycles. The molecule has 17 heavy (non-hydrogen) atoms. The van der Waals surface area contributed by atoms with Gasteiger partial charge in [-0.2, -0.15) is 0 Å². The second-order valence-corrected chi connectivity index (χ2v) is 7.72. The Hall–Kier alpha value is -0.780. The molecule has 0 spiro atoms. The van der Waals surface area contributed by atoms with Crippen LogP contribution in [0.5, 0.6) is 0 Å². The zero-order chi connectivity index (χ0) is 12.5. The molecule has 0 N–H and O–H groups in total. The van der Waals surface area contributed by atoms with Gasteiger partial charge in [-0.25, -0.2) is 0 Å². The fourth-order valence-corrected chi connectivity index (χ4v) is 2.82. The molecule has 0 heterocycles. The highest BCUT2D eigenvalue weighted by Gasteiger charge is 2.70. The SMILES string of the molecule is CC(C)(C)C(C)(C)c1cccc(C23CC2C3)c1. The van der Waals surface area contributed by atoms with E-state index >= 15 is 0 Å². The molecule has 0 radical (unpaired) electrons. The van der Waals surface area contributed by atoms with Crippen molar-refractivity contribution in [3.63, 3.8) is 0 Å². The Morgan fingerprint density at radius 2 is 1.65 bits per heavy atom. The molecular formula is C17H24. The van der Waals surface area contributed by atoms with Crippen LogP contribution in [0.4, 0.5) is 0 Å². The van der Waals surface area contributed by atoms with Gasteiger partial charge in [-0.15, -0.1) is 0 Å². The maximum atomic E-state index is 2.48. The van der Waals surface area contributed by atoms with Crippen molar-refractivity contribution in [1.29, 1.82) is 0 Å². The van der Waals surface area contributed by atoms with Crippen LogP contribution in [0.3, 0.4) is 0 Å². The smallest absolute Gasteiger partial charge is 0.00121 e. The van der Waals surface area contributed by atoms with E-state index in [1.165, 1.54) is 18.4 Å². The van der Waals surface area contributed by atoms with Crippen LogP contribution in [-0.4, -0.2) is 0 Å². The van der Waals surface area contributed by atoms with Crippen LogP contribution in [-0.2, 0) is 10.8 Å². The number of rotatable bonds is 2. The molecule has 0 aliphatic heterocycles. The molecular weight excluding hydrogens is 204 g/mol. The highest BCUT2D eigenvalue weighted by atomic mass is 14.7. The van der Waals surface area contributed by atoms with Gasteiger partial charge in [0.1, 0.15) is 0 Å². The molecule has 0 heteroatoms. The minimum atomic E-state index is 0.235. The maximum absolute atomic E-state index is 2.48. The van der Waals surface area contributed by atoms with Crippen molar-refractivity contribution in [1.82, 2.24) is 0 Å². The van der Waals surface area contributed by atoms with Crippen molar-refractivity contribution in [2.45, 2.75) is 58.3 Å². The van der Waals surface area contributed by atoms with Crippen LogP contribution in [0, 0.1) is 11.3 Å². The Labute approximate surface area is 105 Å². The first-order valence-corrected chi connectivity index (χ1v) is 6.88. The summed E-state index contributed by atoms with van der Waals surface area (Å²) in [6.45, 7) is 11.8. The molecule has 0 bridgehead atoms. The van der Waals surface area contributed by atoms with Crippen LogP contribution in [0.2, 0.25) is 0 Å². The van der Waals surface area contributed by atoms with Crippen molar-refractivity contribution >= 4 is 0 Å². The predicted molar refractivity (Wildman–Crippen MR) is 73.3 cm³/mol. The first-order valence-electron chi connectivity index (χ1n) is 6.88. The van der Waals surface area contributed by atoms with Crippen LogP contribution in [0.15, 0.2) is 24.3 Å². The van der Waals surface area contributed by atoms with Crippen molar-refractivity contribution in [3.05, 3.63) is 35.4 Å². The van der Waals surface area contributed by atoms with E-state index in [2.05, 4.69) is 58.9 Å². The highest BCUT2D eigenvalue weighted by Crippen LogP contribution is 2.75. The third-order valence-electron chi connectivity index (χ3n) is 5.72. The quantitative estimate of drug-likeness (QED) is 0.690. The molecule has 1 aromatic rings. The van der Waals surface area contributed by atoms with E-state index in [4.69, 9.17) is 0 Å². The van der Waals surface area contributed by atoms with Gasteiger partial charge in [0.05, 0.1) is 0 Å². The normalized spacial score (nSPS) is 31.0. The van der Waals surface area contributed by atoms with E-state index < -0.39 is 0 Å². The first kappa shape index (κ1) is 11.3. The van der Waals surface area contributed by atoms with E-state index in [1.54, 1.807) is 5.56 Å². The van der Waals surface area contributed by atoms with Crippen LogP contribution < -0.4 is 0 Å². The summed E-state index contributed by atoms with van der Waals surface area (Å²) >= 11 is 0.